The van der Waals surface area contributed by atoms with Crippen molar-refractivity contribution in [2.45, 2.75) is 32.0 Å². The Hall–Kier alpha value is -0.120. The van der Waals surface area contributed by atoms with Crippen molar-refractivity contribution < 1.29 is 0 Å². The monoisotopic (exact) mass is 155 g/mol. The SMILES string of the molecule is CC1(N2CCCCC2)NCN1. The quantitative estimate of drug-likeness (QED) is 0.570. The van der Waals surface area contributed by atoms with Crippen molar-refractivity contribution in [1.82, 2.24) is 15.5 Å². The summed E-state index contributed by atoms with van der Waals surface area (Å²) in [7, 11) is 0. The van der Waals surface area contributed by atoms with Crippen molar-refractivity contribution in [3.8, 4) is 0 Å². The minimum absolute atomic E-state index is 0.125. The van der Waals surface area contributed by atoms with Gasteiger partial charge in [0.25, 0.3) is 0 Å². The highest BCUT2D eigenvalue weighted by molar-refractivity contribution is 4.88. The Morgan fingerprint density at radius 3 is 2.18 bits per heavy atom. The van der Waals surface area contributed by atoms with Crippen LogP contribution >= 0.6 is 0 Å². The Morgan fingerprint density at radius 1 is 1.09 bits per heavy atom. The zero-order chi connectivity index (χ0) is 7.73. The average Bonchev–Trinajstić information content (AvgIpc) is 2.02. The lowest BCUT2D eigenvalue weighted by Gasteiger charge is -2.50. The number of likely N-dealkylation sites (tertiary alicyclic amines) is 1. The molecule has 0 saturated carbocycles. The second-order valence-corrected chi connectivity index (χ2v) is 3.65. The number of nitrogens with zero attached hydrogens (tertiary/aromatic N) is 1. The molecule has 2 aliphatic heterocycles. The third-order valence-electron chi connectivity index (χ3n) is 2.85. The van der Waals surface area contributed by atoms with Gasteiger partial charge in [0.15, 0.2) is 0 Å². The molecule has 0 radical (unpaired) electrons. The van der Waals surface area contributed by atoms with Crippen LogP contribution in [0, 0.1) is 0 Å². The molecule has 2 fully saturated rings. The molecule has 2 N–H and O–H groups in total. The maximum atomic E-state index is 3.41. The predicted octanol–water partition coefficient (Wildman–Crippen LogP) is 0.296. The Kier molecular flexibility index (Phi) is 1.87. The number of rotatable bonds is 1. The van der Waals surface area contributed by atoms with Crippen molar-refractivity contribution in [2.24, 2.45) is 0 Å². The molecule has 2 saturated heterocycles. The fraction of sp³-hybridized carbons (Fsp3) is 1.00. The van der Waals surface area contributed by atoms with Gasteiger partial charge in [-0.2, -0.15) is 0 Å². The topological polar surface area (TPSA) is 27.3 Å². The first-order valence-corrected chi connectivity index (χ1v) is 4.56. The fourth-order valence-electron chi connectivity index (χ4n) is 1.91. The van der Waals surface area contributed by atoms with Gasteiger partial charge in [-0.15, -0.1) is 0 Å². The molecule has 0 bridgehead atoms. The first-order chi connectivity index (χ1) is 5.31. The zero-order valence-corrected chi connectivity index (χ0v) is 7.19. The Morgan fingerprint density at radius 2 is 1.73 bits per heavy atom. The Labute approximate surface area is 68.1 Å². The van der Waals surface area contributed by atoms with E-state index in [0.29, 0.717) is 0 Å². The van der Waals surface area contributed by atoms with E-state index < -0.39 is 0 Å². The van der Waals surface area contributed by atoms with Crippen LogP contribution in [0.25, 0.3) is 0 Å². The smallest absolute Gasteiger partial charge is 0.125 e. The van der Waals surface area contributed by atoms with Crippen LogP contribution in [0.4, 0.5) is 0 Å². The molecule has 0 spiro atoms. The molecule has 0 aromatic rings. The van der Waals surface area contributed by atoms with Crippen LogP contribution in [0.2, 0.25) is 0 Å². The highest BCUT2D eigenvalue weighted by Crippen LogP contribution is 2.18. The van der Waals surface area contributed by atoms with E-state index in [1.54, 1.807) is 0 Å². The van der Waals surface area contributed by atoms with Gasteiger partial charge in [0.05, 0.1) is 6.67 Å². The second-order valence-electron chi connectivity index (χ2n) is 3.65. The van der Waals surface area contributed by atoms with E-state index >= 15 is 0 Å². The van der Waals surface area contributed by atoms with Gasteiger partial charge < -0.3 is 0 Å². The molecule has 64 valence electrons. The molecule has 11 heavy (non-hydrogen) atoms. The van der Waals surface area contributed by atoms with E-state index in [1.807, 2.05) is 0 Å². The van der Waals surface area contributed by atoms with Crippen LogP contribution in [0.3, 0.4) is 0 Å². The van der Waals surface area contributed by atoms with E-state index in [4.69, 9.17) is 0 Å². The summed E-state index contributed by atoms with van der Waals surface area (Å²) in [5.74, 6) is 0.125. The van der Waals surface area contributed by atoms with Gasteiger partial charge in [-0.3, -0.25) is 15.5 Å². The lowest BCUT2D eigenvalue weighted by molar-refractivity contribution is -0.0332. The van der Waals surface area contributed by atoms with Crippen LogP contribution in [0.1, 0.15) is 26.2 Å². The van der Waals surface area contributed by atoms with Crippen LogP contribution in [-0.2, 0) is 0 Å². The van der Waals surface area contributed by atoms with Crippen molar-refractivity contribution in [2.75, 3.05) is 19.8 Å². The van der Waals surface area contributed by atoms with Gasteiger partial charge in [-0.05, 0) is 19.8 Å². The van der Waals surface area contributed by atoms with Gasteiger partial charge in [-0.25, -0.2) is 0 Å². The first-order valence-electron chi connectivity index (χ1n) is 4.56. The molecular weight excluding hydrogens is 138 g/mol. The molecule has 0 aliphatic carbocycles. The summed E-state index contributed by atoms with van der Waals surface area (Å²) >= 11 is 0. The molecule has 2 aliphatic rings. The minimum Gasteiger partial charge on any atom is -0.274 e. The molecular formula is C8H17N3. The number of nitrogens with one attached hydrogen (secondary N) is 2. The molecule has 3 nitrogen and oxygen atoms in total. The molecule has 2 heterocycles. The van der Waals surface area contributed by atoms with Gasteiger partial charge in [0, 0.05) is 13.1 Å². The third kappa shape index (κ3) is 1.28. The predicted molar refractivity (Wildman–Crippen MR) is 45.0 cm³/mol. The van der Waals surface area contributed by atoms with Gasteiger partial charge in [-0.1, -0.05) is 6.42 Å². The Bertz CT molecular complexity index is 136. The molecule has 0 amide bonds. The minimum atomic E-state index is 0.125. The number of hydrogen-bond acceptors (Lipinski definition) is 3. The van der Waals surface area contributed by atoms with E-state index in [-0.39, 0.29) is 5.79 Å². The number of hydrogen-bond donors (Lipinski definition) is 2. The summed E-state index contributed by atoms with van der Waals surface area (Å²) in [6.07, 6.45) is 4.13. The van der Waals surface area contributed by atoms with E-state index in [1.165, 1.54) is 32.4 Å². The normalized spacial score (nSPS) is 31.4. The van der Waals surface area contributed by atoms with Crippen LogP contribution in [-0.4, -0.2) is 30.4 Å². The standard InChI is InChI=1S/C8H17N3/c1-8(9-7-10-8)11-5-3-2-4-6-11/h9-10H,2-7H2,1H3. The zero-order valence-electron chi connectivity index (χ0n) is 7.19. The van der Waals surface area contributed by atoms with Crippen LogP contribution in [0.5, 0.6) is 0 Å². The van der Waals surface area contributed by atoms with Crippen molar-refractivity contribution >= 4 is 0 Å². The summed E-state index contributed by atoms with van der Waals surface area (Å²) in [5.41, 5.74) is 0. The van der Waals surface area contributed by atoms with Crippen molar-refractivity contribution in [3.05, 3.63) is 0 Å². The summed E-state index contributed by atoms with van der Waals surface area (Å²) in [6, 6.07) is 0. The lowest BCUT2D eigenvalue weighted by atomic mass is 10.1. The summed E-state index contributed by atoms with van der Waals surface area (Å²) in [5, 5.41) is 6.81. The molecule has 0 atom stereocenters. The maximum Gasteiger partial charge on any atom is 0.125 e. The van der Waals surface area contributed by atoms with Gasteiger partial charge >= 0.3 is 0 Å². The van der Waals surface area contributed by atoms with E-state index in [9.17, 15) is 0 Å². The van der Waals surface area contributed by atoms with Crippen LogP contribution < -0.4 is 10.6 Å². The molecule has 0 aromatic carbocycles. The summed E-state index contributed by atoms with van der Waals surface area (Å²) in [4.78, 5) is 2.50. The van der Waals surface area contributed by atoms with Gasteiger partial charge in [0.1, 0.15) is 5.79 Å². The number of piperidine rings is 1. The summed E-state index contributed by atoms with van der Waals surface area (Å²) in [6.45, 7) is 5.68. The largest absolute Gasteiger partial charge is 0.274 e. The maximum absolute atomic E-state index is 3.41. The highest BCUT2D eigenvalue weighted by atomic mass is 15.5. The molecule has 0 unspecified atom stereocenters. The Balaban J connectivity index is 1.91. The highest BCUT2D eigenvalue weighted by Gasteiger charge is 2.36. The lowest BCUT2D eigenvalue weighted by Crippen LogP contribution is -2.77. The molecule has 2 rings (SSSR count). The van der Waals surface area contributed by atoms with Crippen LogP contribution in [0.15, 0.2) is 0 Å². The average molecular weight is 155 g/mol. The van der Waals surface area contributed by atoms with E-state index in [2.05, 4.69) is 22.5 Å². The van der Waals surface area contributed by atoms with Crippen molar-refractivity contribution in [1.29, 1.82) is 0 Å². The third-order valence-corrected chi connectivity index (χ3v) is 2.85. The fourth-order valence-corrected chi connectivity index (χ4v) is 1.91. The summed E-state index contributed by atoms with van der Waals surface area (Å²) < 4.78 is 0. The van der Waals surface area contributed by atoms with Crippen molar-refractivity contribution in [3.63, 3.8) is 0 Å². The molecule has 0 aromatic heterocycles. The second kappa shape index (κ2) is 2.73. The molecule has 3 heteroatoms. The first kappa shape index (κ1) is 7.53. The van der Waals surface area contributed by atoms with E-state index in [0.717, 1.165) is 6.67 Å². The van der Waals surface area contributed by atoms with Gasteiger partial charge in [0.2, 0.25) is 0 Å².